The fourth-order valence-corrected chi connectivity index (χ4v) is 2.56. The molecule has 0 bridgehead atoms. The molecule has 1 N–H and O–H groups in total. The lowest BCUT2D eigenvalue weighted by Gasteiger charge is -2.18. The van der Waals surface area contributed by atoms with Crippen molar-refractivity contribution in [3.05, 3.63) is 58.7 Å². The fraction of sp³-hybridized carbons (Fsp3) is 0.316. The van der Waals surface area contributed by atoms with Gasteiger partial charge in [0.15, 0.2) is 11.5 Å². The lowest BCUT2D eigenvalue weighted by molar-refractivity contribution is 0.0939. The van der Waals surface area contributed by atoms with E-state index in [9.17, 15) is 4.79 Å². The second kappa shape index (κ2) is 7.18. The summed E-state index contributed by atoms with van der Waals surface area (Å²) in [6, 6.07) is 11.3. The number of benzene rings is 2. The number of hydrogen-bond acceptors (Lipinski definition) is 3. The van der Waals surface area contributed by atoms with Crippen LogP contribution in [0.4, 0.5) is 0 Å². The molecule has 0 aliphatic carbocycles. The average molecular weight is 313 g/mol. The van der Waals surface area contributed by atoms with Gasteiger partial charge < -0.3 is 14.8 Å². The van der Waals surface area contributed by atoms with Crippen molar-refractivity contribution in [2.75, 3.05) is 14.2 Å². The highest BCUT2D eigenvalue weighted by Crippen LogP contribution is 2.28. The molecular weight excluding hydrogens is 290 g/mol. The van der Waals surface area contributed by atoms with Crippen molar-refractivity contribution in [3.8, 4) is 11.5 Å². The number of aryl methyl sites for hydroxylation is 2. The number of amides is 1. The lowest BCUT2D eigenvalue weighted by atomic mass is 9.99. The van der Waals surface area contributed by atoms with Gasteiger partial charge in [0, 0.05) is 5.56 Å². The average Bonchev–Trinajstić information content (AvgIpc) is 2.56. The van der Waals surface area contributed by atoms with Crippen LogP contribution in [0, 0.1) is 13.8 Å². The summed E-state index contributed by atoms with van der Waals surface area (Å²) >= 11 is 0. The second-order valence-corrected chi connectivity index (χ2v) is 5.62. The van der Waals surface area contributed by atoms with Gasteiger partial charge in [-0.3, -0.25) is 4.79 Å². The van der Waals surface area contributed by atoms with Gasteiger partial charge in [0.1, 0.15) is 0 Å². The monoisotopic (exact) mass is 313 g/mol. The smallest absolute Gasteiger partial charge is 0.251 e. The molecule has 0 aliphatic rings. The molecule has 2 aromatic rings. The standard InChI is InChI=1S/C19H23NO3/c1-12-6-7-13(2)16(10-12)14(3)20-19(21)15-8-9-17(22-4)18(11-15)23-5/h6-11,14H,1-5H3,(H,20,21)/t14-/m0/s1. The van der Waals surface area contributed by atoms with Gasteiger partial charge >= 0.3 is 0 Å². The molecule has 0 aromatic heterocycles. The van der Waals surface area contributed by atoms with E-state index >= 15 is 0 Å². The quantitative estimate of drug-likeness (QED) is 0.913. The molecule has 0 fully saturated rings. The normalized spacial score (nSPS) is 11.7. The zero-order chi connectivity index (χ0) is 17.0. The number of nitrogens with one attached hydrogen (secondary N) is 1. The summed E-state index contributed by atoms with van der Waals surface area (Å²) in [5.41, 5.74) is 4.01. The highest BCUT2D eigenvalue weighted by molar-refractivity contribution is 5.95. The molecular formula is C19H23NO3. The summed E-state index contributed by atoms with van der Waals surface area (Å²) in [5, 5.41) is 3.03. The Morgan fingerprint density at radius 3 is 2.35 bits per heavy atom. The SMILES string of the molecule is COc1ccc(C(=O)N[C@@H](C)c2cc(C)ccc2C)cc1OC. The number of carbonyl (C=O) groups excluding carboxylic acids is 1. The first-order valence-electron chi connectivity index (χ1n) is 7.56. The first-order chi connectivity index (χ1) is 11.0. The molecule has 122 valence electrons. The maximum absolute atomic E-state index is 12.5. The Morgan fingerprint density at radius 2 is 1.70 bits per heavy atom. The third-order valence-electron chi connectivity index (χ3n) is 3.89. The van der Waals surface area contributed by atoms with E-state index in [1.165, 1.54) is 5.56 Å². The Bertz CT molecular complexity index is 710. The highest BCUT2D eigenvalue weighted by atomic mass is 16.5. The Morgan fingerprint density at radius 1 is 1.00 bits per heavy atom. The van der Waals surface area contributed by atoms with E-state index < -0.39 is 0 Å². The van der Waals surface area contributed by atoms with Gasteiger partial charge in [0.25, 0.3) is 5.91 Å². The van der Waals surface area contributed by atoms with Crippen LogP contribution < -0.4 is 14.8 Å². The van der Waals surface area contributed by atoms with Crippen LogP contribution in [0.25, 0.3) is 0 Å². The molecule has 4 nitrogen and oxygen atoms in total. The molecule has 2 aromatic carbocycles. The zero-order valence-corrected chi connectivity index (χ0v) is 14.3. The molecule has 4 heteroatoms. The van der Waals surface area contributed by atoms with Crippen molar-refractivity contribution in [2.24, 2.45) is 0 Å². The number of carbonyl (C=O) groups is 1. The van der Waals surface area contributed by atoms with Crippen LogP contribution in [-0.4, -0.2) is 20.1 Å². The van der Waals surface area contributed by atoms with Crippen molar-refractivity contribution < 1.29 is 14.3 Å². The number of methoxy groups -OCH3 is 2. The van der Waals surface area contributed by atoms with Crippen molar-refractivity contribution in [3.63, 3.8) is 0 Å². The minimum atomic E-state index is -0.139. The maximum Gasteiger partial charge on any atom is 0.251 e. The van der Waals surface area contributed by atoms with E-state index in [1.807, 2.05) is 20.8 Å². The first-order valence-corrected chi connectivity index (χ1v) is 7.56. The van der Waals surface area contributed by atoms with Gasteiger partial charge in [-0.2, -0.15) is 0 Å². The van der Waals surface area contributed by atoms with Crippen molar-refractivity contribution in [1.82, 2.24) is 5.32 Å². The number of rotatable bonds is 5. The predicted molar refractivity (Wildman–Crippen MR) is 91.3 cm³/mol. The van der Waals surface area contributed by atoms with Gasteiger partial charge in [-0.25, -0.2) is 0 Å². The summed E-state index contributed by atoms with van der Waals surface area (Å²) in [7, 11) is 3.12. The van der Waals surface area contributed by atoms with E-state index in [0.717, 1.165) is 11.1 Å². The largest absolute Gasteiger partial charge is 0.493 e. The Balaban J connectivity index is 2.20. The lowest BCUT2D eigenvalue weighted by Crippen LogP contribution is -2.27. The topological polar surface area (TPSA) is 47.6 Å². The van der Waals surface area contributed by atoms with Gasteiger partial charge in [0.2, 0.25) is 0 Å². The molecule has 0 unspecified atom stereocenters. The van der Waals surface area contributed by atoms with E-state index in [1.54, 1.807) is 32.4 Å². The second-order valence-electron chi connectivity index (χ2n) is 5.62. The first kappa shape index (κ1) is 16.9. The van der Waals surface area contributed by atoms with Crippen LogP contribution in [-0.2, 0) is 0 Å². The van der Waals surface area contributed by atoms with Crippen LogP contribution in [0.3, 0.4) is 0 Å². The van der Waals surface area contributed by atoms with E-state index in [-0.39, 0.29) is 11.9 Å². The summed E-state index contributed by atoms with van der Waals surface area (Å²) < 4.78 is 10.4. The Hall–Kier alpha value is -2.49. The van der Waals surface area contributed by atoms with Crippen molar-refractivity contribution in [1.29, 1.82) is 0 Å². The van der Waals surface area contributed by atoms with Crippen LogP contribution >= 0.6 is 0 Å². The molecule has 23 heavy (non-hydrogen) atoms. The van der Waals surface area contributed by atoms with Crippen molar-refractivity contribution >= 4 is 5.91 Å². The molecule has 0 saturated heterocycles. The molecule has 0 heterocycles. The van der Waals surface area contributed by atoms with Gasteiger partial charge in [0.05, 0.1) is 20.3 Å². The van der Waals surface area contributed by atoms with Gasteiger partial charge in [-0.1, -0.05) is 23.8 Å². The summed E-state index contributed by atoms with van der Waals surface area (Å²) in [4.78, 5) is 12.5. The Labute approximate surface area is 137 Å². The van der Waals surface area contributed by atoms with E-state index in [2.05, 4.69) is 23.5 Å². The van der Waals surface area contributed by atoms with Crippen LogP contribution in [0.2, 0.25) is 0 Å². The molecule has 0 saturated carbocycles. The van der Waals surface area contributed by atoms with Gasteiger partial charge in [-0.15, -0.1) is 0 Å². The number of hydrogen-bond donors (Lipinski definition) is 1. The minimum absolute atomic E-state index is 0.0736. The molecule has 0 aliphatic heterocycles. The van der Waals surface area contributed by atoms with Crippen LogP contribution in [0.5, 0.6) is 11.5 Å². The summed E-state index contributed by atoms with van der Waals surface area (Å²) in [5.74, 6) is 1.01. The highest BCUT2D eigenvalue weighted by Gasteiger charge is 2.15. The van der Waals surface area contributed by atoms with E-state index in [4.69, 9.17) is 9.47 Å². The summed E-state index contributed by atoms with van der Waals surface area (Å²) in [6.45, 7) is 6.08. The fourth-order valence-electron chi connectivity index (χ4n) is 2.56. The zero-order valence-electron chi connectivity index (χ0n) is 14.3. The van der Waals surface area contributed by atoms with Crippen LogP contribution in [0.15, 0.2) is 36.4 Å². The third kappa shape index (κ3) is 3.83. The van der Waals surface area contributed by atoms with Gasteiger partial charge in [-0.05, 0) is 50.1 Å². The minimum Gasteiger partial charge on any atom is -0.493 e. The molecule has 0 radical (unpaired) electrons. The summed E-state index contributed by atoms with van der Waals surface area (Å²) in [6.07, 6.45) is 0. The predicted octanol–water partition coefficient (Wildman–Crippen LogP) is 3.81. The molecule has 1 atom stereocenters. The maximum atomic E-state index is 12.5. The van der Waals surface area contributed by atoms with Crippen molar-refractivity contribution in [2.45, 2.75) is 26.8 Å². The Kier molecular flexibility index (Phi) is 5.27. The third-order valence-corrected chi connectivity index (χ3v) is 3.89. The molecule has 1 amide bonds. The van der Waals surface area contributed by atoms with Crippen LogP contribution in [0.1, 0.15) is 40.0 Å². The molecule has 0 spiro atoms. The molecule has 2 rings (SSSR count). The van der Waals surface area contributed by atoms with E-state index in [0.29, 0.717) is 17.1 Å². The number of ether oxygens (including phenoxy) is 2.